The van der Waals surface area contributed by atoms with Crippen molar-refractivity contribution < 1.29 is 18.0 Å². The van der Waals surface area contributed by atoms with E-state index in [1.54, 1.807) is 6.92 Å². The van der Waals surface area contributed by atoms with Crippen LogP contribution in [0, 0.1) is 0 Å². The van der Waals surface area contributed by atoms with Crippen LogP contribution in [-0.2, 0) is 6.18 Å². The van der Waals surface area contributed by atoms with E-state index in [0.29, 0.717) is 0 Å². The zero-order valence-electron chi connectivity index (χ0n) is 8.31. The molecule has 0 bridgehead atoms. The summed E-state index contributed by atoms with van der Waals surface area (Å²) >= 11 is 5.48. The second kappa shape index (κ2) is 4.70. The molecule has 0 spiro atoms. The van der Waals surface area contributed by atoms with Gasteiger partial charge in [-0.3, -0.25) is 4.79 Å². The van der Waals surface area contributed by atoms with Crippen LogP contribution >= 0.6 is 11.6 Å². The minimum atomic E-state index is -4.59. The molecular formula is C11H8ClF3O. The Labute approximate surface area is 95.5 Å². The van der Waals surface area contributed by atoms with E-state index >= 15 is 0 Å². The lowest BCUT2D eigenvalue weighted by Crippen LogP contribution is -2.12. The van der Waals surface area contributed by atoms with E-state index in [2.05, 4.69) is 0 Å². The molecule has 0 aliphatic carbocycles. The number of hydrogen-bond acceptors (Lipinski definition) is 1. The Morgan fingerprint density at radius 3 is 2.50 bits per heavy atom. The topological polar surface area (TPSA) is 17.1 Å². The first kappa shape index (κ1) is 12.8. The Bertz CT molecular complexity index is 435. The summed E-state index contributed by atoms with van der Waals surface area (Å²) in [5, 5.41) is -0.0515. The number of alkyl halides is 3. The van der Waals surface area contributed by atoms with Crippen LogP contribution in [-0.4, -0.2) is 5.78 Å². The van der Waals surface area contributed by atoms with Gasteiger partial charge in [0.15, 0.2) is 5.78 Å². The number of benzene rings is 1. The molecule has 0 N–H and O–H groups in total. The predicted octanol–water partition coefficient (Wildman–Crippen LogP) is 4.12. The molecule has 0 aliphatic heterocycles. The van der Waals surface area contributed by atoms with Crippen molar-refractivity contribution in [2.45, 2.75) is 13.1 Å². The van der Waals surface area contributed by atoms with Crippen molar-refractivity contribution >= 4 is 17.4 Å². The van der Waals surface area contributed by atoms with Crippen molar-refractivity contribution in [3.8, 4) is 0 Å². The Hall–Kier alpha value is -1.29. The maximum atomic E-state index is 12.6. The van der Waals surface area contributed by atoms with Gasteiger partial charge in [-0.1, -0.05) is 17.7 Å². The van der Waals surface area contributed by atoms with Crippen LogP contribution in [0.15, 0.2) is 30.4 Å². The molecule has 0 fully saturated rings. The highest BCUT2D eigenvalue weighted by Crippen LogP contribution is 2.34. The number of carbonyl (C=O) groups excluding carboxylic acids is 1. The van der Waals surface area contributed by atoms with E-state index in [-0.39, 0.29) is 5.02 Å². The lowest BCUT2D eigenvalue weighted by Gasteiger charge is -2.11. The standard InChI is InChI=1S/C11H8ClF3O/c1-2-3-10(16)8-5-4-7(12)6-9(8)11(13,14)15/h2-6H,1H3/b3-2+. The zero-order valence-corrected chi connectivity index (χ0v) is 9.06. The van der Waals surface area contributed by atoms with Gasteiger partial charge in [-0.2, -0.15) is 13.2 Å². The number of hydrogen-bond donors (Lipinski definition) is 0. The minimum absolute atomic E-state index is 0.0515. The first-order valence-corrected chi connectivity index (χ1v) is 4.78. The van der Waals surface area contributed by atoms with E-state index in [9.17, 15) is 18.0 Å². The van der Waals surface area contributed by atoms with Gasteiger partial charge in [-0.25, -0.2) is 0 Å². The molecule has 0 aromatic heterocycles. The summed E-state index contributed by atoms with van der Waals surface area (Å²) in [6.07, 6.45) is -2.12. The summed E-state index contributed by atoms with van der Waals surface area (Å²) in [5.41, 5.74) is -1.40. The maximum absolute atomic E-state index is 12.6. The van der Waals surface area contributed by atoms with Crippen LogP contribution in [0.2, 0.25) is 5.02 Å². The van der Waals surface area contributed by atoms with Crippen LogP contribution in [0.1, 0.15) is 22.8 Å². The fourth-order valence-corrected chi connectivity index (χ4v) is 1.38. The normalized spacial score (nSPS) is 12.1. The first-order chi connectivity index (χ1) is 7.36. The van der Waals surface area contributed by atoms with Gasteiger partial charge in [0.1, 0.15) is 0 Å². The van der Waals surface area contributed by atoms with Crippen molar-refractivity contribution in [3.05, 3.63) is 46.5 Å². The fraction of sp³-hybridized carbons (Fsp3) is 0.182. The average Bonchev–Trinajstić information content (AvgIpc) is 2.16. The molecule has 0 atom stereocenters. The Morgan fingerprint density at radius 1 is 1.38 bits per heavy atom. The van der Waals surface area contributed by atoms with Crippen LogP contribution in [0.4, 0.5) is 13.2 Å². The molecule has 0 radical (unpaired) electrons. The SMILES string of the molecule is C/C=C/C(=O)c1ccc(Cl)cc1C(F)(F)F. The molecule has 1 aromatic carbocycles. The van der Waals surface area contributed by atoms with Gasteiger partial charge in [0.2, 0.25) is 0 Å². The number of halogens is 4. The second-order valence-electron chi connectivity index (χ2n) is 3.05. The summed E-state index contributed by atoms with van der Waals surface area (Å²) in [6.45, 7) is 1.56. The average molecular weight is 249 g/mol. The highest BCUT2D eigenvalue weighted by molar-refractivity contribution is 6.30. The summed E-state index contributed by atoms with van der Waals surface area (Å²) < 4.78 is 37.8. The van der Waals surface area contributed by atoms with E-state index in [0.717, 1.165) is 18.2 Å². The summed E-state index contributed by atoms with van der Waals surface area (Å²) in [5.74, 6) is -0.688. The lowest BCUT2D eigenvalue weighted by atomic mass is 10.0. The van der Waals surface area contributed by atoms with Crippen LogP contribution in [0.5, 0.6) is 0 Å². The monoisotopic (exact) mass is 248 g/mol. The molecule has 0 saturated carbocycles. The molecule has 0 saturated heterocycles. The zero-order chi connectivity index (χ0) is 12.3. The predicted molar refractivity (Wildman–Crippen MR) is 55.6 cm³/mol. The first-order valence-electron chi connectivity index (χ1n) is 4.40. The van der Waals surface area contributed by atoms with E-state index in [1.807, 2.05) is 0 Å². The fourth-order valence-electron chi connectivity index (χ4n) is 1.21. The third-order valence-electron chi connectivity index (χ3n) is 1.87. The molecule has 1 nitrogen and oxygen atoms in total. The molecule has 86 valence electrons. The summed E-state index contributed by atoms with van der Waals surface area (Å²) in [4.78, 5) is 11.4. The molecule has 16 heavy (non-hydrogen) atoms. The molecule has 0 amide bonds. The van der Waals surface area contributed by atoms with Crippen LogP contribution in [0.3, 0.4) is 0 Å². The smallest absolute Gasteiger partial charge is 0.289 e. The van der Waals surface area contributed by atoms with Crippen molar-refractivity contribution in [2.75, 3.05) is 0 Å². The Kier molecular flexibility index (Phi) is 3.75. The van der Waals surface area contributed by atoms with Gasteiger partial charge in [0.25, 0.3) is 0 Å². The van der Waals surface area contributed by atoms with E-state index in [4.69, 9.17) is 11.6 Å². The van der Waals surface area contributed by atoms with Crippen molar-refractivity contribution in [3.63, 3.8) is 0 Å². The second-order valence-corrected chi connectivity index (χ2v) is 3.49. The number of carbonyl (C=O) groups is 1. The van der Waals surface area contributed by atoms with Gasteiger partial charge in [0.05, 0.1) is 5.56 Å². The van der Waals surface area contributed by atoms with Crippen molar-refractivity contribution in [1.82, 2.24) is 0 Å². The largest absolute Gasteiger partial charge is 0.417 e. The molecule has 0 aliphatic rings. The van der Waals surface area contributed by atoms with Gasteiger partial charge in [-0.15, -0.1) is 0 Å². The lowest BCUT2D eigenvalue weighted by molar-refractivity contribution is -0.137. The molecule has 0 heterocycles. The molecule has 5 heteroatoms. The number of ketones is 1. The number of allylic oxidation sites excluding steroid dienone is 2. The number of rotatable bonds is 2. The molecule has 1 rings (SSSR count). The Balaban J connectivity index is 3.34. The Morgan fingerprint density at radius 2 is 2.00 bits per heavy atom. The summed E-state index contributed by atoms with van der Waals surface area (Å²) in [7, 11) is 0. The van der Waals surface area contributed by atoms with Crippen molar-refractivity contribution in [1.29, 1.82) is 0 Å². The third kappa shape index (κ3) is 2.85. The van der Waals surface area contributed by atoms with Crippen LogP contribution < -0.4 is 0 Å². The van der Waals surface area contributed by atoms with Gasteiger partial charge >= 0.3 is 6.18 Å². The molecule has 1 aromatic rings. The quantitative estimate of drug-likeness (QED) is 0.568. The van der Waals surface area contributed by atoms with Crippen molar-refractivity contribution in [2.24, 2.45) is 0 Å². The van der Waals surface area contributed by atoms with Gasteiger partial charge < -0.3 is 0 Å². The maximum Gasteiger partial charge on any atom is 0.417 e. The minimum Gasteiger partial charge on any atom is -0.289 e. The summed E-state index contributed by atoms with van der Waals surface area (Å²) in [6, 6.07) is 3.08. The molecule has 0 unspecified atom stereocenters. The van der Waals surface area contributed by atoms with E-state index in [1.165, 1.54) is 12.1 Å². The van der Waals surface area contributed by atoms with Gasteiger partial charge in [0, 0.05) is 10.6 Å². The third-order valence-corrected chi connectivity index (χ3v) is 2.11. The highest BCUT2D eigenvalue weighted by atomic mass is 35.5. The molecular weight excluding hydrogens is 241 g/mol. The van der Waals surface area contributed by atoms with Gasteiger partial charge in [-0.05, 0) is 31.2 Å². The van der Waals surface area contributed by atoms with E-state index < -0.39 is 23.1 Å². The van der Waals surface area contributed by atoms with Crippen LogP contribution in [0.25, 0.3) is 0 Å². The highest BCUT2D eigenvalue weighted by Gasteiger charge is 2.34.